The fourth-order valence-corrected chi connectivity index (χ4v) is 5.93. The number of rotatable bonds is 8. The van der Waals surface area contributed by atoms with E-state index in [-0.39, 0.29) is 16.2 Å². The molecule has 0 saturated carbocycles. The second kappa shape index (κ2) is 8.63. The molecule has 1 aromatic heterocycles. The minimum Gasteiger partial charge on any atom is -0.466 e. The van der Waals surface area contributed by atoms with Crippen molar-refractivity contribution < 1.29 is 17.9 Å². The summed E-state index contributed by atoms with van der Waals surface area (Å²) in [6, 6.07) is 1.76. The maximum Gasteiger partial charge on any atom is 0.302 e. The van der Waals surface area contributed by atoms with Gasteiger partial charge in [0.15, 0.2) is 0 Å². The summed E-state index contributed by atoms with van der Waals surface area (Å²) in [7, 11) is -3.69. The smallest absolute Gasteiger partial charge is 0.302 e. The number of thiophene rings is 1. The molecular weight excluding hydrogens is 370 g/mol. The monoisotopic (exact) mass is 393 g/mol. The molecule has 0 bridgehead atoms. The molecule has 1 aliphatic heterocycles. The number of hydrogen-bond donors (Lipinski definition) is 2. The van der Waals surface area contributed by atoms with E-state index in [1.807, 2.05) is 0 Å². The summed E-state index contributed by atoms with van der Waals surface area (Å²) in [4.78, 5) is 10.8. The quantitative estimate of drug-likeness (QED) is 0.394. The average molecular weight is 394 g/mol. The van der Waals surface area contributed by atoms with Gasteiger partial charge in [0.05, 0.1) is 10.8 Å². The molecule has 7 nitrogen and oxygen atoms in total. The lowest BCUT2D eigenvalue weighted by atomic mass is 10.1. The standard InChI is InChI=1S/C14H23N3O4S3/c1-3-5-16-12-9-17(6-4-7-21-10(2)18)23-14-11(12)8-13(22-14)24(15,19)20/h8,12,16H,3-7,9H2,1-2H3,(H2,15,19,20)/t12-/m0/s1. The van der Waals surface area contributed by atoms with Crippen LogP contribution in [-0.2, 0) is 19.6 Å². The Bertz CT molecular complexity index is 675. The van der Waals surface area contributed by atoms with E-state index < -0.39 is 10.0 Å². The van der Waals surface area contributed by atoms with Crippen LogP contribution in [0, 0.1) is 0 Å². The van der Waals surface area contributed by atoms with Gasteiger partial charge in [0.25, 0.3) is 0 Å². The fraction of sp³-hybridized carbons (Fsp3) is 0.643. The number of esters is 1. The topological polar surface area (TPSA) is 102 Å². The zero-order valence-electron chi connectivity index (χ0n) is 13.8. The summed E-state index contributed by atoms with van der Waals surface area (Å²) >= 11 is 2.75. The van der Waals surface area contributed by atoms with Gasteiger partial charge in [-0.3, -0.25) is 4.79 Å². The molecule has 0 fully saturated rings. The number of carbonyl (C=O) groups is 1. The van der Waals surface area contributed by atoms with E-state index in [2.05, 4.69) is 16.5 Å². The van der Waals surface area contributed by atoms with Gasteiger partial charge in [0.1, 0.15) is 4.21 Å². The van der Waals surface area contributed by atoms with Gasteiger partial charge >= 0.3 is 5.97 Å². The van der Waals surface area contributed by atoms with Crippen LogP contribution >= 0.6 is 23.3 Å². The zero-order chi connectivity index (χ0) is 17.7. The highest BCUT2D eigenvalue weighted by atomic mass is 32.3. The molecule has 1 aromatic rings. The van der Waals surface area contributed by atoms with E-state index in [1.54, 1.807) is 18.0 Å². The Hall–Kier alpha value is -0.650. The number of primary sulfonamides is 1. The second-order valence-corrected chi connectivity index (χ2v) is 9.74. The number of nitrogens with two attached hydrogens (primary N) is 1. The molecule has 0 saturated heterocycles. The summed E-state index contributed by atoms with van der Waals surface area (Å²) in [5.74, 6) is -0.276. The first-order chi connectivity index (χ1) is 11.3. The normalized spacial score (nSPS) is 18.4. The van der Waals surface area contributed by atoms with Crippen molar-refractivity contribution in [3.63, 3.8) is 0 Å². The summed E-state index contributed by atoms with van der Waals surface area (Å²) in [6.07, 6.45) is 1.73. The van der Waals surface area contributed by atoms with Gasteiger partial charge in [-0.2, -0.15) is 0 Å². The van der Waals surface area contributed by atoms with Gasteiger partial charge in [-0.05, 0) is 43.0 Å². The maximum atomic E-state index is 11.6. The first-order valence-corrected chi connectivity index (χ1v) is 10.9. The Morgan fingerprint density at radius 1 is 1.54 bits per heavy atom. The highest BCUT2D eigenvalue weighted by molar-refractivity contribution is 7.99. The van der Waals surface area contributed by atoms with Crippen molar-refractivity contribution in [1.82, 2.24) is 9.62 Å². The molecule has 0 unspecified atom stereocenters. The SMILES string of the molecule is CCCN[C@H]1CN(CCCOC(C)=O)Sc2sc(S(N)(=O)=O)cc21. The van der Waals surface area contributed by atoms with Crippen molar-refractivity contribution >= 4 is 39.3 Å². The first-order valence-electron chi connectivity index (χ1n) is 7.77. The van der Waals surface area contributed by atoms with Crippen LogP contribution < -0.4 is 10.5 Å². The zero-order valence-corrected chi connectivity index (χ0v) is 16.2. The molecule has 0 aromatic carbocycles. The van der Waals surface area contributed by atoms with E-state index in [9.17, 15) is 13.2 Å². The van der Waals surface area contributed by atoms with Crippen molar-refractivity contribution in [2.75, 3.05) is 26.2 Å². The van der Waals surface area contributed by atoms with Crippen LogP contribution in [-0.4, -0.2) is 44.9 Å². The second-order valence-electron chi connectivity index (χ2n) is 5.53. The Morgan fingerprint density at radius 2 is 2.29 bits per heavy atom. The van der Waals surface area contributed by atoms with Crippen molar-refractivity contribution in [3.8, 4) is 0 Å². The van der Waals surface area contributed by atoms with Gasteiger partial charge in [-0.15, -0.1) is 11.3 Å². The van der Waals surface area contributed by atoms with E-state index in [1.165, 1.54) is 18.3 Å². The van der Waals surface area contributed by atoms with E-state index in [4.69, 9.17) is 9.88 Å². The maximum absolute atomic E-state index is 11.6. The van der Waals surface area contributed by atoms with Gasteiger partial charge in [0, 0.05) is 26.1 Å². The average Bonchev–Trinajstić information content (AvgIpc) is 2.93. The Balaban J connectivity index is 2.08. The van der Waals surface area contributed by atoms with Crippen LogP contribution in [0.15, 0.2) is 14.5 Å². The van der Waals surface area contributed by atoms with Crippen LogP contribution in [0.2, 0.25) is 0 Å². The Kier molecular flexibility index (Phi) is 7.08. The van der Waals surface area contributed by atoms with Gasteiger partial charge in [-0.1, -0.05) is 6.92 Å². The largest absolute Gasteiger partial charge is 0.466 e. The first kappa shape index (κ1) is 19.7. The van der Waals surface area contributed by atoms with Gasteiger partial charge < -0.3 is 10.1 Å². The number of nitrogens with zero attached hydrogens (tertiary/aromatic N) is 1. The van der Waals surface area contributed by atoms with Crippen molar-refractivity contribution in [2.24, 2.45) is 5.14 Å². The molecule has 2 rings (SSSR count). The number of fused-ring (bicyclic) bond motifs is 1. The molecule has 1 atom stereocenters. The summed E-state index contributed by atoms with van der Waals surface area (Å²) in [6.45, 7) is 6.25. The lowest BCUT2D eigenvalue weighted by Crippen LogP contribution is -2.35. The third-order valence-corrected chi connectivity index (χ3v) is 7.29. The van der Waals surface area contributed by atoms with Crippen molar-refractivity contribution in [3.05, 3.63) is 11.6 Å². The fourth-order valence-electron chi connectivity index (χ4n) is 2.36. The van der Waals surface area contributed by atoms with E-state index in [0.717, 1.165) is 42.2 Å². The van der Waals surface area contributed by atoms with Gasteiger partial charge in [-0.25, -0.2) is 17.9 Å². The molecule has 2 heterocycles. The van der Waals surface area contributed by atoms with Gasteiger partial charge in [0.2, 0.25) is 10.0 Å². The molecule has 0 radical (unpaired) electrons. The van der Waals surface area contributed by atoms with Crippen LogP contribution in [0.1, 0.15) is 38.3 Å². The summed E-state index contributed by atoms with van der Waals surface area (Å²) < 4.78 is 31.5. The minimum absolute atomic E-state index is 0.0710. The molecule has 0 spiro atoms. The third-order valence-electron chi connectivity index (χ3n) is 3.45. The van der Waals surface area contributed by atoms with Crippen molar-refractivity contribution in [1.29, 1.82) is 0 Å². The number of carbonyl (C=O) groups excluding carboxylic acids is 1. The third kappa shape index (κ3) is 5.43. The molecular formula is C14H23N3O4S3. The Labute approximate surface area is 151 Å². The molecule has 1 aliphatic rings. The highest BCUT2D eigenvalue weighted by Crippen LogP contribution is 2.43. The number of ether oxygens (including phenoxy) is 1. The molecule has 24 heavy (non-hydrogen) atoms. The number of nitrogens with one attached hydrogen (secondary N) is 1. The summed E-state index contributed by atoms with van der Waals surface area (Å²) in [5.41, 5.74) is 0.999. The highest BCUT2D eigenvalue weighted by Gasteiger charge is 2.30. The van der Waals surface area contributed by atoms with Crippen LogP contribution in [0.5, 0.6) is 0 Å². The van der Waals surface area contributed by atoms with Crippen molar-refractivity contribution in [2.45, 2.75) is 41.1 Å². The lowest BCUT2D eigenvalue weighted by Gasteiger charge is -2.32. The number of sulfonamides is 1. The molecule has 0 aliphatic carbocycles. The number of hydrogen-bond acceptors (Lipinski definition) is 8. The molecule has 136 valence electrons. The predicted octanol–water partition coefficient (Wildman–Crippen LogP) is 1.71. The molecule has 10 heteroatoms. The Morgan fingerprint density at radius 3 is 2.92 bits per heavy atom. The lowest BCUT2D eigenvalue weighted by molar-refractivity contribution is -0.141. The van der Waals surface area contributed by atoms with Crippen LogP contribution in [0.3, 0.4) is 0 Å². The van der Waals surface area contributed by atoms with Crippen LogP contribution in [0.4, 0.5) is 0 Å². The minimum atomic E-state index is -3.69. The van der Waals surface area contributed by atoms with E-state index >= 15 is 0 Å². The molecule has 3 N–H and O–H groups in total. The summed E-state index contributed by atoms with van der Waals surface area (Å²) in [5, 5.41) is 8.73. The van der Waals surface area contributed by atoms with E-state index in [0.29, 0.717) is 6.61 Å². The molecule has 0 amide bonds. The predicted molar refractivity (Wildman–Crippen MR) is 95.4 cm³/mol. The van der Waals surface area contributed by atoms with Crippen LogP contribution in [0.25, 0.3) is 0 Å².